The van der Waals surface area contributed by atoms with Crippen LogP contribution in [0.15, 0.2) is 24.3 Å². The number of para-hydroxylation sites is 1. The number of hydrogen-bond donors (Lipinski definition) is 1. The summed E-state index contributed by atoms with van der Waals surface area (Å²) in [6.07, 6.45) is 0. The summed E-state index contributed by atoms with van der Waals surface area (Å²) >= 11 is 3.98. The van der Waals surface area contributed by atoms with Crippen LogP contribution < -0.4 is 4.74 Å². The van der Waals surface area contributed by atoms with Gasteiger partial charge in [-0.1, -0.05) is 12.1 Å². The third kappa shape index (κ3) is 3.98. The molecule has 1 aromatic rings. The van der Waals surface area contributed by atoms with Gasteiger partial charge in [-0.2, -0.15) is 12.6 Å². The molecule has 0 saturated heterocycles. The summed E-state index contributed by atoms with van der Waals surface area (Å²) in [6, 6.07) is 6.31. The molecule has 0 unspecified atom stereocenters. The van der Waals surface area contributed by atoms with Crippen LogP contribution in [0.4, 0.5) is 4.39 Å². The Labute approximate surface area is 88.4 Å². The van der Waals surface area contributed by atoms with Crippen molar-refractivity contribution in [2.45, 2.75) is 0 Å². The summed E-state index contributed by atoms with van der Waals surface area (Å²) in [5, 5.41) is 0. The molecule has 0 amide bonds. The van der Waals surface area contributed by atoms with Crippen LogP contribution in [0.3, 0.4) is 0 Å². The van der Waals surface area contributed by atoms with Crippen molar-refractivity contribution in [2.75, 3.05) is 25.6 Å². The molecule has 0 aliphatic rings. The Hall–Kier alpha value is -0.740. The molecule has 4 heteroatoms. The lowest BCUT2D eigenvalue weighted by Crippen LogP contribution is -2.08. The maximum Gasteiger partial charge on any atom is 0.165 e. The van der Waals surface area contributed by atoms with Crippen LogP contribution >= 0.6 is 12.6 Å². The highest BCUT2D eigenvalue weighted by atomic mass is 32.1. The van der Waals surface area contributed by atoms with Gasteiger partial charge in [0.1, 0.15) is 6.61 Å². The molecule has 0 radical (unpaired) electrons. The smallest absolute Gasteiger partial charge is 0.165 e. The van der Waals surface area contributed by atoms with E-state index in [1.165, 1.54) is 6.07 Å². The zero-order valence-corrected chi connectivity index (χ0v) is 8.67. The first-order valence-corrected chi connectivity index (χ1v) is 5.04. The monoisotopic (exact) mass is 216 g/mol. The molecule has 1 rings (SSSR count). The van der Waals surface area contributed by atoms with Crippen molar-refractivity contribution in [3.63, 3.8) is 0 Å². The SMILES string of the molecule is Fc1ccccc1OCCOCCS. The summed E-state index contributed by atoms with van der Waals surface area (Å²) in [4.78, 5) is 0. The van der Waals surface area contributed by atoms with Gasteiger partial charge < -0.3 is 9.47 Å². The molecule has 0 N–H and O–H groups in total. The van der Waals surface area contributed by atoms with E-state index in [4.69, 9.17) is 9.47 Å². The molecule has 0 aliphatic carbocycles. The normalized spacial score (nSPS) is 10.1. The van der Waals surface area contributed by atoms with Crippen LogP contribution in [0.1, 0.15) is 0 Å². The first kappa shape index (κ1) is 11.3. The van der Waals surface area contributed by atoms with Crippen molar-refractivity contribution in [3.8, 4) is 5.75 Å². The van der Waals surface area contributed by atoms with E-state index in [0.29, 0.717) is 25.6 Å². The predicted molar refractivity (Wildman–Crippen MR) is 56.6 cm³/mol. The van der Waals surface area contributed by atoms with Crippen LogP contribution in [0.5, 0.6) is 5.75 Å². The maximum absolute atomic E-state index is 13.0. The average molecular weight is 216 g/mol. The van der Waals surface area contributed by atoms with Crippen LogP contribution in [0, 0.1) is 5.82 Å². The van der Waals surface area contributed by atoms with Crippen LogP contribution in [0.2, 0.25) is 0 Å². The Bertz CT molecular complexity index is 268. The fourth-order valence-electron chi connectivity index (χ4n) is 0.939. The molecule has 0 spiro atoms. The minimum absolute atomic E-state index is 0.266. The number of rotatable bonds is 6. The van der Waals surface area contributed by atoms with Crippen molar-refractivity contribution in [1.82, 2.24) is 0 Å². The van der Waals surface area contributed by atoms with Gasteiger partial charge in [-0.3, -0.25) is 0 Å². The van der Waals surface area contributed by atoms with Gasteiger partial charge in [0.15, 0.2) is 11.6 Å². The van der Waals surface area contributed by atoms with Gasteiger partial charge in [0.05, 0.1) is 13.2 Å². The molecular formula is C10H13FO2S. The molecule has 14 heavy (non-hydrogen) atoms. The zero-order valence-electron chi connectivity index (χ0n) is 7.78. The minimum atomic E-state index is -0.346. The summed E-state index contributed by atoms with van der Waals surface area (Å²) in [6.45, 7) is 1.40. The summed E-state index contributed by atoms with van der Waals surface area (Å²) in [5.74, 6) is 0.600. The van der Waals surface area contributed by atoms with E-state index in [1.54, 1.807) is 18.2 Å². The van der Waals surface area contributed by atoms with E-state index < -0.39 is 0 Å². The van der Waals surface area contributed by atoms with Gasteiger partial charge >= 0.3 is 0 Å². The van der Waals surface area contributed by atoms with Crippen molar-refractivity contribution >= 4 is 12.6 Å². The number of thiol groups is 1. The Kier molecular flexibility index (Phi) is 5.40. The third-order valence-corrected chi connectivity index (χ3v) is 1.74. The topological polar surface area (TPSA) is 18.5 Å². The van der Waals surface area contributed by atoms with E-state index in [2.05, 4.69) is 12.6 Å². The van der Waals surface area contributed by atoms with Gasteiger partial charge in [-0.15, -0.1) is 0 Å². The summed E-state index contributed by atoms with van der Waals surface area (Å²) in [5.41, 5.74) is 0. The highest BCUT2D eigenvalue weighted by Gasteiger charge is 1.99. The standard InChI is InChI=1S/C10H13FO2S/c11-9-3-1-2-4-10(9)13-6-5-12-7-8-14/h1-4,14H,5-8H2. The van der Waals surface area contributed by atoms with E-state index >= 15 is 0 Å². The number of hydrogen-bond acceptors (Lipinski definition) is 3. The van der Waals surface area contributed by atoms with E-state index in [-0.39, 0.29) is 11.6 Å². The number of halogens is 1. The molecule has 0 heterocycles. The molecular weight excluding hydrogens is 203 g/mol. The Morgan fingerprint density at radius 3 is 2.64 bits per heavy atom. The second kappa shape index (κ2) is 6.68. The second-order valence-corrected chi connectivity index (χ2v) is 3.06. The van der Waals surface area contributed by atoms with Gasteiger partial charge in [0.2, 0.25) is 0 Å². The van der Waals surface area contributed by atoms with Crippen LogP contribution in [-0.2, 0) is 4.74 Å². The summed E-state index contributed by atoms with van der Waals surface area (Å²) in [7, 11) is 0. The second-order valence-electron chi connectivity index (χ2n) is 2.61. The molecule has 1 aromatic carbocycles. The predicted octanol–water partition coefficient (Wildman–Crippen LogP) is 2.15. The van der Waals surface area contributed by atoms with Crippen molar-refractivity contribution < 1.29 is 13.9 Å². The average Bonchev–Trinajstić information content (AvgIpc) is 2.20. The lowest BCUT2D eigenvalue weighted by Gasteiger charge is -2.06. The molecule has 0 aliphatic heterocycles. The first-order chi connectivity index (χ1) is 6.84. The highest BCUT2D eigenvalue weighted by molar-refractivity contribution is 7.80. The Balaban J connectivity index is 2.21. The highest BCUT2D eigenvalue weighted by Crippen LogP contribution is 2.14. The van der Waals surface area contributed by atoms with Gasteiger partial charge in [0.25, 0.3) is 0 Å². The van der Waals surface area contributed by atoms with E-state index in [0.717, 1.165) is 0 Å². The fourth-order valence-corrected chi connectivity index (χ4v) is 1.07. The van der Waals surface area contributed by atoms with Crippen molar-refractivity contribution in [3.05, 3.63) is 30.1 Å². The lowest BCUT2D eigenvalue weighted by atomic mass is 10.3. The third-order valence-electron chi connectivity index (χ3n) is 1.56. The van der Waals surface area contributed by atoms with Crippen LogP contribution in [-0.4, -0.2) is 25.6 Å². The molecule has 0 saturated carbocycles. The van der Waals surface area contributed by atoms with Crippen molar-refractivity contribution in [1.29, 1.82) is 0 Å². The zero-order chi connectivity index (χ0) is 10.2. The largest absolute Gasteiger partial charge is 0.488 e. The van der Waals surface area contributed by atoms with Crippen LogP contribution in [0.25, 0.3) is 0 Å². The van der Waals surface area contributed by atoms with Crippen molar-refractivity contribution in [2.24, 2.45) is 0 Å². The number of ether oxygens (including phenoxy) is 2. The Morgan fingerprint density at radius 2 is 1.93 bits per heavy atom. The van der Waals surface area contributed by atoms with E-state index in [1.807, 2.05) is 0 Å². The fraction of sp³-hybridized carbons (Fsp3) is 0.400. The van der Waals surface area contributed by atoms with Gasteiger partial charge in [-0.25, -0.2) is 4.39 Å². The lowest BCUT2D eigenvalue weighted by molar-refractivity contribution is 0.110. The molecule has 0 atom stereocenters. The van der Waals surface area contributed by atoms with Gasteiger partial charge in [-0.05, 0) is 12.1 Å². The van der Waals surface area contributed by atoms with E-state index in [9.17, 15) is 4.39 Å². The minimum Gasteiger partial charge on any atom is -0.488 e. The molecule has 2 nitrogen and oxygen atoms in total. The molecule has 0 aromatic heterocycles. The molecule has 0 bridgehead atoms. The Morgan fingerprint density at radius 1 is 1.14 bits per heavy atom. The quantitative estimate of drug-likeness (QED) is 0.580. The summed E-state index contributed by atoms with van der Waals surface area (Å²) < 4.78 is 23.3. The number of benzene rings is 1. The maximum atomic E-state index is 13.0. The first-order valence-electron chi connectivity index (χ1n) is 4.40. The van der Waals surface area contributed by atoms with Gasteiger partial charge in [0, 0.05) is 5.75 Å². The molecule has 78 valence electrons. The molecule has 0 fully saturated rings.